The van der Waals surface area contributed by atoms with E-state index in [9.17, 15) is 8.78 Å². The standard InChI is InChI=1S/2C13H12F.C12H10Si.2ClH.Zr/c2*1-9-6-10(2)13(7-9)11-4-3-5-12(14)8-11;1-3-7-11(8-4-1)13-12-9-5-2-6-10-12;;;/h2*3-5,7-9H,1-2H3;1-10H;2*1H;/q2*-1;;;;+2/p-2. The molecule has 2 atom stereocenters. The number of rotatable bonds is 4. The zero-order valence-corrected chi connectivity index (χ0v) is 30.2. The molecule has 0 aromatic heterocycles. The monoisotopic (exact) mass is 716 g/mol. The van der Waals surface area contributed by atoms with Gasteiger partial charge in [0.05, 0.1) is 0 Å². The van der Waals surface area contributed by atoms with E-state index in [1.54, 1.807) is 47.6 Å². The topological polar surface area (TPSA) is 0 Å². The van der Waals surface area contributed by atoms with E-state index in [1.165, 1.54) is 22.5 Å². The maximum atomic E-state index is 13.0. The van der Waals surface area contributed by atoms with E-state index < -0.39 is 5.43 Å². The first-order valence-electron chi connectivity index (χ1n) is 14.1. The molecule has 4 aromatic rings. The van der Waals surface area contributed by atoms with Gasteiger partial charge in [-0.25, -0.2) is 19.9 Å². The van der Waals surface area contributed by atoms with Crippen molar-refractivity contribution in [3.8, 4) is 0 Å². The van der Waals surface area contributed by atoms with E-state index in [2.05, 4.69) is 98.8 Å². The second-order valence-corrected chi connectivity index (χ2v) is 16.0. The van der Waals surface area contributed by atoms with Crippen molar-refractivity contribution in [2.45, 2.75) is 27.7 Å². The molecule has 0 heterocycles. The Morgan fingerprint density at radius 2 is 0.932 bits per heavy atom. The summed E-state index contributed by atoms with van der Waals surface area (Å²) in [5, 5.41) is 3.03. The average Bonchev–Trinajstić information content (AvgIpc) is 3.52. The second kappa shape index (κ2) is 18.4. The van der Waals surface area contributed by atoms with E-state index in [0.717, 1.165) is 33.4 Å². The summed E-state index contributed by atoms with van der Waals surface area (Å²) in [5.41, 5.74) is 5.88. The van der Waals surface area contributed by atoms with Gasteiger partial charge in [0.15, 0.2) is 0 Å². The Morgan fingerprint density at radius 1 is 0.568 bits per heavy atom. The van der Waals surface area contributed by atoms with E-state index in [4.69, 9.17) is 0 Å². The van der Waals surface area contributed by atoms with Crippen molar-refractivity contribution in [2.75, 3.05) is 0 Å². The Bertz CT molecular complexity index is 1540. The minimum absolute atomic E-state index is 0. The third kappa shape index (κ3) is 10.8. The van der Waals surface area contributed by atoms with Crippen LogP contribution in [0.2, 0.25) is 0 Å². The molecule has 0 bridgehead atoms. The quantitative estimate of drug-likeness (QED) is 0.225. The molecule has 0 spiro atoms. The Hall–Kier alpha value is -2.62. The van der Waals surface area contributed by atoms with Gasteiger partial charge >= 0.3 is 99.8 Å². The molecule has 0 N–H and O–H groups in total. The van der Waals surface area contributed by atoms with Gasteiger partial charge in [-0.1, -0.05) is 74.9 Å². The fourth-order valence-electron chi connectivity index (χ4n) is 4.99. The summed E-state index contributed by atoms with van der Waals surface area (Å²) in [6.45, 7) is 8.19. The maximum absolute atomic E-state index is 13.0. The molecule has 2 aliphatic rings. The molecule has 2 unspecified atom stereocenters. The van der Waals surface area contributed by atoms with Crippen molar-refractivity contribution in [3.63, 3.8) is 0 Å². The van der Waals surface area contributed by atoms with Crippen LogP contribution in [-0.4, -0.2) is 5.43 Å². The van der Waals surface area contributed by atoms with Gasteiger partial charge < -0.3 is 24.8 Å². The third-order valence-electron chi connectivity index (χ3n) is 6.93. The number of hydrogen-bond acceptors (Lipinski definition) is 0. The first kappa shape index (κ1) is 37.6. The molecule has 0 saturated carbocycles. The van der Waals surface area contributed by atoms with Crippen LogP contribution in [0, 0.1) is 35.6 Å². The summed E-state index contributed by atoms with van der Waals surface area (Å²) in [7, 11) is 0. The van der Waals surface area contributed by atoms with Crippen LogP contribution in [0.25, 0.3) is 11.1 Å². The van der Waals surface area contributed by atoms with E-state index in [-0.39, 0.29) is 36.4 Å². The van der Waals surface area contributed by atoms with Crippen LogP contribution in [0.15, 0.2) is 132 Å². The van der Waals surface area contributed by atoms with Crippen LogP contribution in [0.1, 0.15) is 38.8 Å². The van der Waals surface area contributed by atoms with Crippen LogP contribution in [0.3, 0.4) is 0 Å². The van der Waals surface area contributed by atoms with Crippen molar-refractivity contribution < 1.29 is 56.9 Å². The minimum atomic E-state index is -0.455. The van der Waals surface area contributed by atoms with Crippen molar-refractivity contribution in [3.05, 3.63) is 167 Å². The number of allylic oxidation sites excluding steroid dienone is 8. The summed E-state index contributed by atoms with van der Waals surface area (Å²) in [6.07, 6.45) is 10.8. The summed E-state index contributed by atoms with van der Waals surface area (Å²) in [5.74, 6) is 0.313. The van der Waals surface area contributed by atoms with Crippen molar-refractivity contribution in [2.24, 2.45) is 11.8 Å². The predicted octanol–water partition coefficient (Wildman–Crippen LogP) is 2.56. The second-order valence-electron chi connectivity index (χ2n) is 10.4. The van der Waals surface area contributed by atoms with Crippen LogP contribution >= 0.6 is 0 Å². The molecule has 0 radical (unpaired) electrons. The molecule has 0 saturated heterocycles. The molecular formula is C38H34Cl2F2SiZr-2. The summed E-state index contributed by atoms with van der Waals surface area (Å²) >= 11 is 1.64. The first-order chi connectivity index (χ1) is 20.2. The predicted molar refractivity (Wildman–Crippen MR) is 170 cm³/mol. The van der Waals surface area contributed by atoms with E-state index >= 15 is 0 Å². The van der Waals surface area contributed by atoms with Gasteiger partial charge in [0.25, 0.3) is 0 Å². The Balaban J connectivity index is 0.000000225. The van der Waals surface area contributed by atoms with Crippen LogP contribution in [0.4, 0.5) is 8.78 Å². The summed E-state index contributed by atoms with van der Waals surface area (Å²) < 4.78 is 26.0. The zero-order chi connectivity index (χ0) is 30.1. The van der Waals surface area contributed by atoms with Crippen LogP contribution in [0.5, 0.6) is 0 Å². The summed E-state index contributed by atoms with van der Waals surface area (Å²) in [4.78, 5) is 0. The van der Waals surface area contributed by atoms with Crippen LogP contribution in [-0.2, 0) is 23.3 Å². The molecule has 0 amide bonds. The number of halogens is 4. The molecule has 2 aliphatic carbocycles. The fraction of sp³-hybridized carbons (Fsp3) is 0.158. The molecule has 6 heteroatoms. The van der Waals surface area contributed by atoms with Gasteiger partial charge in [0.1, 0.15) is 11.6 Å². The molecule has 44 heavy (non-hydrogen) atoms. The molecular weight excluding hydrogens is 685 g/mol. The van der Waals surface area contributed by atoms with Gasteiger partial charge in [-0.2, -0.15) is 23.3 Å². The van der Waals surface area contributed by atoms with Gasteiger partial charge in [0, 0.05) is 0 Å². The third-order valence-corrected chi connectivity index (χ3v) is 13.0. The Kier molecular flexibility index (Phi) is 15.7. The van der Waals surface area contributed by atoms with E-state index in [1.807, 2.05) is 26.0 Å². The summed E-state index contributed by atoms with van der Waals surface area (Å²) in [6, 6.07) is 35.1. The molecule has 224 valence electrons. The van der Waals surface area contributed by atoms with E-state index in [0.29, 0.717) is 11.8 Å². The normalized spacial score (nSPS) is 16.3. The van der Waals surface area contributed by atoms with Crippen molar-refractivity contribution in [1.29, 1.82) is 0 Å². The van der Waals surface area contributed by atoms with Gasteiger partial charge in [0.2, 0.25) is 0 Å². The van der Waals surface area contributed by atoms with Gasteiger partial charge in [-0.3, -0.25) is 12.2 Å². The molecule has 4 aromatic carbocycles. The zero-order valence-electron chi connectivity index (χ0n) is 25.2. The first-order valence-corrected chi connectivity index (χ1v) is 19.3. The molecule has 6 rings (SSSR count). The Morgan fingerprint density at radius 3 is 1.23 bits per heavy atom. The molecule has 0 aliphatic heterocycles. The number of benzene rings is 4. The van der Waals surface area contributed by atoms with Crippen molar-refractivity contribution >= 4 is 27.0 Å². The number of hydrogen-bond donors (Lipinski definition) is 0. The molecule has 0 fully saturated rings. The fourth-order valence-corrected chi connectivity index (χ4v) is 8.83. The van der Waals surface area contributed by atoms with Crippen LogP contribution < -0.4 is 35.2 Å². The van der Waals surface area contributed by atoms with Gasteiger partial charge in [-0.05, 0) is 24.3 Å². The molecule has 0 nitrogen and oxygen atoms in total. The van der Waals surface area contributed by atoms with Crippen molar-refractivity contribution in [1.82, 2.24) is 0 Å². The average molecular weight is 719 g/mol. The Labute approximate surface area is 288 Å². The van der Waals surface area contributed by atoms with Gasteiger partial charge in [-0.15, -0.1) is 0 Å². The SMILES string of the molecule is CC1=[C-]C(C)C=C1c1cccc(F)c1.CC1=[C-]C(C)C=C1c1cccc(F)c1.[Cl-].[Cl-].[Zr+2]=[Si](c1ccccc1)c1ccccc1.